The highest BCUT2D eigenvalue weighted by molar-refractivity contribution is 6.31. The lowest BCUT2D eigenvalue weighted by atomic mass is 9.93. The van der Waals surface area contributed by atoms with Crippen molar-refractivity contribution < 1.29 is 14.3 Å². The van der Waals surface area contributed by atoms with E-state index >= 15 is 0 Å². The largest absolute Gasteiger partial charge is 0.490 e. The van der Waals surface area contributed by atoms with Gasteiger partial charge in [-0.3, -0.25) is 4.79 Å². The van der Waals surface area contributed by atoms with E-state index in [1.54, 1.807) is 24.3 Å². The minimum Gasteiger partial charge on any atom is -0.490 e. The van der Waals surface area contributed by atoms with Gasteiger partial charge in [0.1, 0.15) is 18.1 Å². The third-order valence-corrected chi connectivity index (χ3v) is 7.31. The Kier molecular flexibility index (Phi) is 5.90. The summed E-state index contributed by atoms with van der Waals surface area (Å²) in [5.41, 5.74) is 0.731. The van der Waals surface area contributed by atoms with Crippen molar-refractivity contribution in [1.29, 1.82) is 5.26 Å². The number of fused-ring (bicyclic) bond motifs is 1. The van der Waals surface area contributed by atoms with Gasteiger partial charge in [0.25, 0.3) is 5.91 Å². The first kappa shape index (κ1) is 21.7. The summed E-state index contributed by atoms with van der Waals surface area (Å²) in [5, 5.41) is 20.8. The number of amides is 1. The number of rotatable bonds is 6. The van der Waals surface area contributed by atoms with Crippen LogP contribution in [0.2, 0.25) is 5.02 Å². The Morgan fingerprint density at radius 2 is 1.91 bits per heavy atom. The molecule has 3 aliphatic rings. The van der Waals surface area contributed by atoms with Crippen molar-refractivity contribution in [2.24, 2.45) is 17.8 Å². The Labute approximate surface area is 196 Å². The molecule has 1 N–H and O–H groups in total. The highest BCUT2D eigenvalue weighted by Crippen LogP contribution is 2.50. The van der Waals surface area contributed by atoms with Crippen LogP contribution >= 0.6 is 11.6 Å². The van der Waals surface area contributed by atoms with Gasteiger partial charge in [-0.05, 0) is 61.8 Å². The molecule has 0 radical (unpaired) electrons. The number of nitrogens with one attached hydrogen (secondary N) is 1. The molecule has 0 unspecified atom stereocenters. The second kappa shape index (κ2) is 8.99. The molecule has 2 aliphatic carbocycles. The summed E-state index contributed by atoms with van der Waals surface area (Å²) in [6.07, 6.45) is 4.35. The molecule has 8 nitrogen and oxygen atoms in total. The molecule has 1 saturated heterocycles. The summed E-state index contributed by atoms with van der Waals surface area (Å²) in [7, 11) is 0. The number of anilines is 1. The van der Waals surface area contributed by atoms with Crippen molar-refractivity contribution in [3.8, 4) is 11.8 Å². The molecule has 170 valence electrons. The number of ether oxygens (including phenoxy) is 1. The van der Waals surface area contributed by atoms with Gasteiger partial charge >= 0.3 is 0 Å². The van der Waals surface area contributed by atoms with Crippen LogP contribution in [-0.4, -0.2) is 47.6 Å². The van der Waals surface area contributed by atoms with Crippen molar-refractivity contribution in [3.63, 3.8) is 0 Å². The topological polar surface area (TPSA) is 108 Å². The predicted octanol–water partition coefficient (Wildman–Crippen LogP) is 3.00. The van der Waals surface area contributed by atoms with Crippen LogP contribution in [0.25, 0.3) is 0 Å². The SMILES string of the molecule is N#Cc1ccc(OC2CCC(NC(=O)c3ccc(N4C[C@@H]5[C@H](C=O)[C@@H]5C4)nn3)CC2)cc1Cl. The first-order chi connectivity index (χ1) is 16.1. The molecule has 0 bridgehead atoms. The molecular formula is C24H24ClN5O3. The van der Waals surface area contributed by atoms with E-state index in [1.807, 2.05) is 12.1 Å². The number of carbonyl (C=O) groups excluding carboxylic acids is 2. The number of hydrogen-bond acceptors (Lipinski definition) is 7. The van der Waals surface area contributed by atoms with Crippen molar-refractivity contribution >= 4 is 29.6 Å². The molecule has 0 spiro atoms. The zero-order valence-corrected chi connectivity index (χ0v) is 18.7. The number of benzene rings is 1. The van der Waals surface area contributed by atoms with Crippen LogP contribution < -0.4 is 15.0 Å². The van der Waals surface area contributed by atoms with Crippen LogP contribution in [-0.2, 0) is 4.79 Å². The molecule has 2 saturated carbocycles. The van der Waals surface area contributed by atoms with Crippen molar-refractivity contribution in [1.82, 2.24) is 15.5 Å². The third-order valence-electron chi connectivity index (χ3n) is 7.00. The molecule has 1 amide bonds. The molecule has 33 heavy (non-hydrogen) atoms. The van der Waals surface area contributed by atoms with E-state index < -0.39 is 0 Å². The maximum Gasteiger partial charge on any atom is 0.272 e. The van der Waals surface area contributed by atoms with E-state index in [-0.39, 0.29) is 24.0 Å². The highest BCUT2D eigenvalue weighted by Gasteiger charge is 2.55. The van der Waals surface area contributed by atoms with Gasteiger partial charge < -0.3 is 19.7 Å². The highest BCUT2D eigenvalue weighted by atomic mass is 35.5. The summed E-state index contributed by atoms with van der Waals surface area (Å²) < 4.78 is 6.01. The number of nitriles is 1. The molecule has 5 rings (SSSR count). The number of carbonyl (C=O) groups is 2. The number of aldehydes is 1. The van der Waals surface area contributed by atoms with Gasteiger partial charge in [-0.15, -0.1) is 10.2 Å². The van der Waals surface area contributed by atoms with Crippen LogP contribution in [0.4, 0.5) is 5.82 Å². The van der Waals surface area contributed by atoms with Crippen molar-refractivity contribution in [3.05, 3.63) is 46.6 Å². The summed E-state index contributed by atoms with van der Waals surface area (Å²) >= 11 is 6.08. The summed E-state index contributed by atoms with van der Waals surface area (Å²) in [6, 6.07) is 10.7. The molecule has 2 aromatic rings. The van der Waals surface area contributed by atoms with Gasteiger partial charge in [-0.25, -0.2) is 0 Å². The van der Waals surface area contributed by atoms with Crippen LogP contribution in [0.15, 0.2) is 30.3 Å². The second-order valence-electron chi connectivity index (χ2n) is 9.04. The summed E-state index contributed by atoms with van der Waals surface area (Å²) in [6.45, 7) is 1.66. The van der Waals surface area contributed by atoms with Crippen LogP contribution in [0.1, 0.15) is 41.7 Å². The van der Waals surface area contributed by atoms with Gasteiger partial charge in [0.05, 0.1) is 16.7 Å². The quantitative estimate of drug-likeness (QED) is 0.653. The van der Waals surface area contributed by atoms with Crippen molar-refractivity contribution in [2.45, 2.75) is 37.8 Å². The van der Waals surface area contributed by atoms with Gasteiger partial charge in [0.15, 0.2) is 11.5 Å². The van der Waals surface area contributed by atoms with Gasteiger partial charge in [-0.1, -0.05) is 11.6 Å². The number of piperidine rings is 1. The molecule has 1 aromatic carbocycles. The van der Waals surface area contributed by atoms with Crippen LogP contribution in [0, 0.1) is 29.1 Å². The lowest BCUT2D eigenvalue weighted by molar-refractivity contribution is -0.109. The fourth-order valence-corrected chi connectivity index (χ4v) is 5.23. The van der Waals surface area contributed by atoms with E-state index in [1.165, 1.54) is 0 Å². The molecule has 1 aliphatic heterocycles. The second-order valence-corrected chi connectivity index (χ2v) is 9.45. The van der Waals surface area contributed by atoms with E-state index in [0.29, 0.717) is 33.9 Å². The monoisotopic (exact) mass is 465 g/mol. The molecule has 2 heterocycles. The fraction of sp³-hybridized carbons (Fsp3) is 0.458. The minimum absolute atomic E-state index is 0.0479. The van der Waals surface area contributed by atoms with Crippen LogP contribution in [0.3, 0.4) is 0 Å². The first-order valence-corrected chi connectivity index (χ1v) is 11.6. The normalized spacial score (nSPS) is 27.9. The smallest absolute Gasteiger partial charge is 0.272 e. The lowest BCUT2D eigenvalue weighted by Gasteiger charge is -2.29. The molecule has 3 atom stereocenters. The average Bonchev–Trinajstić information content (AvgIpc) is 3.30. The minimum atomic E-state index is -0.220. The maximum absolute atomic E-state index is 12.6. The average molecular weight is 466 g/mol. The van der Waals surface area contributed by atoms with Crippen molar-refractivity contribution in [2.75, 3.05) is 18.0 Å². The van der Waals surface area contributed by atoms with Gasteiger partial charge in [0, 0.05) is 31.1 Å². The number of nitrogens with zero attached hydrogens (tertiary/aromatic N) is 4. The summed E-state index contributed by atoms with van der Waals surface area (Å²) in [4.78, 5) is 25.7. The zero-order chi connectivity index (χ0) is 22.9. The van der Waals surface area contributed by atoms with Gasteiger partial charge in [0.2, 0.25) is 0 Å². The Morgan fingerprint density at radius 1 is 1.15 bits per heavy atom. The first-order valence-electron chi connectivity index (χ1n) is 11.3. The van der Waals surface area contributed by atoms with E-state index in [4.69, 9.17) is 21.6 Å². The Balaban J connectivity index is 1.09. The number of hydrogen-bond donors (Lipinski definition) is 1. The maximum atomic E-state index is 12.6. The zero-order valence-electron chi connectivity index (χ0n) is 18.0. The molecule has 9 heteroatoms. The lowest BCUT2D eigenvalue weighted by Crippen LogP contribution is -2.40. The Bertz CT molecular complexity index is 1080. The molecule has 3 fully saturated rings. The van der Waals surface area contributed by atoms with Crippen LogP contribution in [0.5, 0.6) is 5.75 Å². The predicted molar refractivity (Wildman–Crippen MR) is 121 cm³/mol. The van der Waals surface area contributed by atoms with E-state index in [9.17, 15) is 9.59 Å². The van der Waals surface area contributed by atoms with E-state index in [2.05, 4.69) is 20.4 Å². The van der Waals surface area contributed by atoms with Gasteiger partial charge in [-0.2, -0.15) is 5.26 Å². The Hall–Kier alpha value is -3.18. The number of halogens is 1. The Morgan fingerprint density at radius 3 is 2.52 bits per heavy atom. The third kappa shape index (κ3) is 4.51. The fourth-order valence-electron chi connectivity index (χ4n) is 5.01. The van der Waals surface area contributed by atoms with E-state index in [0.717, 1.165) is 50.9 Å². The summed E-state index contributed by atoms with van der Waals surface area (Å²) in [5.74, 6) is 2.28. The molecular weight excluding hydrogens is 442 g/mol. The standard InChI is InChI=1S/C24H24ClN5O3/c25-21-9-17(4-1-14(21)10-26)33-16-5-2-15(3-6-16)27-24(32)22-7-8-23(29-28-22)30-11-18-19(12-30)20(18)13-31/h1,4,7-9,13,15-16,18-20H,2-3,5-6,11-12H2,(H,27,32)/t15?,16?,18-,19+,20-. The molecule has 1 aromatic heterocycles. The number of aromatic nitrogens is 2.